The van der Waals surface area contributed by atoms with Crippen molar-refractivity contribution in [3.63, 3.8) is 0 Å². The van der Waals surface area contributed by atoms with Crippen LogP contribution in [-0.4, -0.2) is 16.1 Å². The van der Waals surface area contributed by atoms with E-state index in [9.17, 15) is 0 Å². The van der Waals surface area contributed by atoms with Gasteiger partial charge < -0.3 is 29.7 Å². The van der Waals surface area contributed by atoms with E-state index < -0.39 is 16.1 Å². The largest absolute Gasteiger partial charge is 4.00 e. The Kier molecular flexibility index (Phi) is 20.9. The van der Waals surface area contributed by atoms with Crippen molar-refractivity contribution in [2.45, 2.75) is 26.9 Å². The van der Waals surface area contributed by atoms with Crippen LogP contribution in [0.15, 0.2) is 291 Å². The summed E-state index contributed by atoms with van der Waals surface area (Å²) in [7, 11) is -4.61. The fourth-order valence-corrected chi connectivity index (χ4v) is 19.7. The van der Waals surface area contributed by atoms with E-state index in [1.807, 2.05) is 0 Å². The molecule has 0 saturated carbocycles. The van der Waals surface area contributed by atoms with E-state index in [-0.39, 0.29) is 81.4 Å². The van der Waals surface area contributed by atoms with Gasteiger partial charge >= 0.3 is 51.7 Å². The number of rotatable bonds is 10. The van der Waals surface area contributed by atoms with Crippen molar-refractivity contribution < 1.29 is 51.7 Å². The van der Waals surface area contributed by atoms with Gasteiger partial charge in [0.15, 0.2) is 0 Å². The van der Waals surface area contributed by atoms with E-state index in [1.165, 1.54) is 130 Å². The standard InChI is InChI=1S/C39H32Si.C37H28Si.4CH3.2Hf/c1-27-11-7-13-29(21-27)36-19-9-15-31-23-34(25-38(31)36)40(3,33-17-5-4-6-18-33)35-24-32-16-10-20-37(39(32)26-35)30-14-8-12-28(2)22-30;1-38(31-19-9-4-10-20-31,32-23-29-17-11-21-34(36(29)25-32)27-13-5-2-6-14-27)33-24-30-18-12-22-35(37(30)26-33)28-15-7-3-8-16-28;;;;;;/h4-26H,1-3H3;2-26H,1H3;4*1H3;;/q2*-2;4*-1;2*+4. The molecule has 0 nitrogen and oxygen atoms in total. The summed E-state index contributed by atoms with van der Waals surface area (Å²) in [5, 5.41) is 19.3. The maximum absolute atomic E-state index is 2.53. The molecule has 0 unspecified atom stereocenters. The molecule has 14 aromatic carbocycles. The van der Waals surface area contributed by atoms with Gasteiger partial charge in [-0.05, 0) is 36.1 Å². The molecule has 0 amide bonds. The second-order valence-corrected chi connectivity index (χ2v) is 29.6. The Balaban J connectivity index is 0.000000225. The minimum Gasteiger partial charge on any atom is -0.358 e. The Labute approximate surface area is 540 Å². The third kappa shape index (κ3) is 11.9. The molecule has 0 aliphatic carbocycles. The van der Waals surface area contributed by atoms with Crippen molar-refractivity contribution in [2.24, 2.45) is 0 Å². The van der Waals surface area contributed by atoms with Crippen molar-refractivity contribution in [3.05, 3.63) is 332 Å². The van der Waals surface area contributed by atoms with Crippen LogP contribution in [0.2, 0.25) is 13.1 Å². The zero-order valence-corrected chi connectivity index (χ0v) is 58.9. The van der Waals surface area contributed by atoms with Crippen LogP contribution in [0, 0.1) is 43.6 Å². The first-order chi connectivity index (χ1) is 38.2. The Morgan fingerprint density at radius 1 is 0.250 bits per heavy atom. The summed E-state index contributed by atoms with van der Waals surface area (Å²) in [6.45, 7) is 9.40. The van der Waals surface area contributed by atoms with E-state index in [1.54, 1.807) is 0 Å². The molecular weight excluding hydrogens is 1370 g/mol. The molecule has 14 rings (SSSR count). The Bertz CT molecular complexity index is 4180. The van der Waals surface area contributed by atoms with Crippen LogP contribution in [0.4, 0.5) is 0 Å². The molecule has 0 aromatic heterocycles. The molecular formula is C80H72Hf2Si2. The smallest absolute Gasteiger partial charge is 0.358 e. The first-order valence-electron chi connectivity index (χ1n) is 27.4. The minimum absolute atomic E-state index is 0. The molecule has 0 saturated heterocycles. The number of benzene rings is 10. The van der Waals surface area contributed by atoms with Crippen LogP contribution in [-0.2, 0) is 51.7 Å². The third-order valence-electron chi connectivity index (χ3n) is 16.8. The normalized spacial score (nSPS) is 11.0. The predicted molar refractivity (Wildman–Crippen MR) is 369 cm³/mol. The van der Waals surface area contributed by atoms with Crippen LogP contribution in [0.25, 0.3) is 87.6 Å². The molecule has 84 heavy (non-hydrogen) atoms. The monoisotopic (exact) mass is 1450 g/mol. The van der Waals surface area contributed by atoms with Crippen LogP contribution in [0.3, 0.4) is 0 Å². The number of aryl methyl sites for hydroxylation is 2. The Morgan fingerprint density at radius 3 is 0.762 bits per heavy atom. The molecule has 0 fully saturated rings. The quantitative estimate of drug-likeness (QED) is 0.0946. The molecule has 0 radical (unpaired) electrons. The van der Waals surface area contributed by atoms with Crippen LogP contribution in [0.1, 0.15) is 11.1 Å². The van der Waals surface area contributed by atoms with E-state index in [0.717, 1.165) is 0 Å². The fourth-order valence-electron chi connectivity index (χ4n) is 12.5. The van der Waals surface area contributed by atoms with E-state index in [2.05, 4.69) is 318 Å². The molecule has 0 atom stereocenters. The summed E-state index contributed by atoms with van der Waals surface area (Å²) in [5.41, 5.74) is 12.9. The van der Waals surface area contributed by atoms with Gasteiger partial charge in [0.1, 0.15) is 16.1 Å². The van der Waals surface area contributed by atoms with Crippen molar-refractivity contribution in [1.82, 2.24) is 0 Å². The van der Waals surface area contributed by atoms with Crippen molar-refractivity contribution >= 4 is 90.4 Å². The number of hydrogen-bond donors (Lipinski definition) is 0. The van der Waals surface area contributed by atoms with Crippen molar-refractivity contribution in [2.75, 3.05) is 0 Å². The van der Waals surface area contributed by atoms with Gasteiger partial charge in [-0.1, -0.05) is 251 Å². The van der Waals surface area contributed by atoms with Gasteiger partial charge in [-0.15, -0.1) is 137 Å². The molecule has 0 bridgehead atoms. The molecule has 408 valence electrons. The zero-order valence-electron chi connectivity index (χ0n) is 49.7. The summed E-state index contributed by atoms with van der Waals surface area (Å²) in [6, 6.07) is 108. The van der Waals surface area contributed by atoms with Crippen molar-refractivity contribution in [1.29, 1.82) is 0 Å². The fraction of sp³-hybridized carbons (Fsp3) is 0.0500. The molecule has 0 aliphatic rings. The molecule has 4 heteroatoms. The topological polar surface area (TPSA) is 0 Å². The van der Waals surface area contributed by atoms with Gasteiger partial charge in [0.2, 0.25) is 0 Å². The summed E-state index contributed by atoms with van der Waals surface area (Å²) < 4.78 is 0. The Hall–Kier alpha value is -7.19. The first-order valence-corrected chi connectivity index (χ1v) is 32.4. The van der Waals surface area contributed by atoms with E-state index in [4.69, 9.17) is 0 Å². The van der Waals surface area contributed by atoms with Crippen LogP contribution in [0.5, 0.6) is 0 Å². The van der Waals surface area contributed by atoms with E-state index in [0.29, 0.717) is 0 Å². The van der Waals surface area contributed by atoms with Gasteiger partial charge in [-0.2, -0.15) is 24.3 Å². The predicted octanol–water partition coefficient (Wildman–Crippen LogP) is 18.1. The minimum atomic E-state index is -2.31. The number of hydrogen-bond acceptors (Lipinski definition) is 0. The summed E-state index contributed by atoms with van der Waals surface area (Å²) >= 11 is 0. The van der Waals surface area contributed by atoms with E-state index >= 15 is 0 Å². The average Bonchev–Trinajstić information content (AvgIpc) is 3.39. The average molecular weight is 1450 g/mol. The SMILES string of the molecule is C[Si](c1ccccc1)(c1cc2c(-c3ccccc3)cccc2[cH-]1)c1cc2c(-c3ccccc3)cccc2[cH-]1.Cc1cccc(-c2cccc3[cH-]c([Si](C)(c4ccccc4)c4cc5c(-c6cccc(C)c6)cccc5[cH-]4)cc23)c1.[CH3-].[CH3-].[CH3-].[CH3-].[Hf+4].[Hf+4]. The molecule has 0 N–H and O–H groups in total. The summed E-state index contributed by atoms with van der Waals surface area (Å²) in [5.74, 6) is 0. The second-order valence-electron chi connectivity index (χ2n) is 21.7. The zero-order chi connectivity index (χ0) is 52.8. The molecule has 0 spiro atoms. The van der Waals surface area contributed by atoms with Crippen LogP contribution >= 0.6 is 0 Å². The summed E-state index contributed by atoms with van der Waals surface area (Å²) in [6.07, 6.45) is 0. The van der Waals surface area contributed by atoms with Gasteiger partial charge in [-0.3, -0.25) is 0 Å². The maximum atomic E-state index is 2.53. The van der Waals surface area contributed by atoms with Crippen molar-refractivity contribution in [3.8, 4) is 44.5 Å². The van der Waals surface area contributed by atoms with Gasteiger partial charge in [0.05, 0.1) is 0 Å². The van der Waals surface area contributed by atoms with Gasteiger partial charge in [0.25, 0.3) is 0 Å². The first kappa shape index (κ1) is 64.4. The van der Waals surface area contributed by atoms with Gasteiger partial charge in [0, 0.05) is 0 Å². The molecule has 14 aromatic rings. The number of fused-ring (bicyclic) bond motifs is 4. The van der Waals surface area contributed by atoms with Crippen LogP contribution < -0.4 is 31.1 Å². The second kappa shape index (κ2) is 27.2. The van der Waals surface area contributed by atoms with Gasteiger partial charge in [-0.25, -0.2) is 0 Å². The maximum Gasteiger partial charge on any atom is 4.00 e. The summed E-state index contributed by atoms with van der Waals surface area (Å²) in [4.78, 5) is 0. The molecule has 0 aliphatic heterocycles. The molecule has 0 heterocycles. The Morgan fingerprint density at radius 2 is 0.488 bits per heavy atom. The third-order valence-corrected chi connectivity index (χ3v) is 25.6.